The number of rotatable bonds is 7. The minimum absolute atomic E-state index is 0.0257. The number of nitrogens with one attached hydrogen (secondary N) is 1. The maximum atomic E-state index is 13.0. The van der Waals surface area contributed by atoms with E-state index in [0.717, 1.165) is 12.8 Å². The van der Waals surface area contributed by atoms with Gasteiger partial charge in [0.1, 0.15) is 0 Å². The third-order valence-corrected chi connectivity index (χ3v) is 5.22. The number of nitrogen functional groups attached to an aromatic ring is 1. The topological polar surface area (TPSA) is 38.0 Å². The molecule has 0 radical (unpaired) electrons. The van der Waals surface area contributed by atoms with Crippen molar-refractivity contribution in [2.24, 2.45) is 0 Å². The molecule has 0 atom stereocenters. The first-order valence-corrected chi connectivity index (χ1v) is 7.67. The second-order valence-electron chi connectivity index (χ2n) is 4.60. The fourth-order valence-electron chi connectivity index (χ4n) is 2.04. The van der Waals surface area contributed by atoms with E-state index in [-0.39, 0.29) is 10.3 Å². The second-order valence-corrected chi connectivity index (χ2v) is 5.87. The van der Waals surface area contributed by atoms with Gasteiger partial charge >= 0.3 is 0 Å². The van der Waals surface area contributed by atoms with E-state index in [0.29, 0.717) is 17.9 Å². The van der Waals surface area contributed by atoms with Crippen molar-refractivity contribution in [1.29, 1.82) is 0 Å². The van der Waals surface area contributed by atoms with E-state index in [4.69, 9.17) is 5.73 Å². The lowest BCUT2D eigenvalue weighted by atomic mass is 10.0. The molecule has 108 valence electrons. The summed E-state index contributed by atoms with van der Waals surface area (Å²) < 4.78 is 26.0. The Bertz CT molecular complexity index is 398. The molecule has 19 heavy (non-hydrogen) atoms. The van der Waals surface area contributed by atoms with Gasteiger partial charge in [0.25, 0.3) is 6.43 Å². The van der Waals surface area contributed by atoms with E-state index < -0.39 is 6.43 Å². The van der Waals surface area contributed by atoms with Gasteiger partial charge in [-0.15, -0.1) is 0 Å². The number of alkyl halides is 2. The maximum absolute atomic E-state index is 13.0. The average Bonchev–Trinajstić information content (AvgIpc) is 2.42. The van der Waals surface area contributed by atoms with E-state index >= 15 is 0 Å². The molecule has 0 saturated heterocycles. The number of nitrogens with two attached hydrogens (primary N) is 1. The summed E-state index contributed by atoms with van der Waals surface area (Å²) in [6, 6.07) is 4.62. The Labute approximate surface area is 118 Å². The third-order valence-electron chi connectivity index (χ3n) is 3.63. The Morgan fingerprint density at radius 3 is 2.42 bits per heavy atom. The molecular formula is C14H22F2N2S. The van der Waals surface area contributed by atoms with Gasteiger partial charge in [0.2, 0.25) is 0 Å². The molecule has 0 saturated carbocycles. The van der Waals surface area contributed by atoms with Crippen molar-refractivity contribution >= 4 is 23.1 Å². The summed E-state index contributed by atoms with van der Waals surface area (Å²) in [7, 11) is 0. The highest BCUT2D eigenvalue weighted by Gasteiger charge is 2.25. The molecule has 0 aliphatic carbocycles. The molecule has 0 spiro atoms. The van der Waals surface area contributed by atoms with E-state index in [2.05, 4.69) is 25.4 Å². The largest absolute Gasteiger partial charge is 0.399 e. The van der Waals surface area contributed by atoms with Crippen LogP contribution in [0.25, 0.3) is 0 Å². The molecule has 1 rings (SSSR count). The standard InChI is InChI=1S/C14H22F2N2S/c1-4-14(5-2,19-3)9-18-12-7-6-10(17)8-11(12)13(15)16/h6-8,13,18H,4-5,9,17H2,1-3H3. The molecule has 0 aliphatic rings. The van der Waals surface area contributed by atoms with Crippen LogP contribution in [0, 0.1) is 0 Å². The van der Waals surface area contributed by atoms with Gasteiger partial charge in [0.05, 0.1) is 0 Å². The SMILES string of the molecule is CCC(CC)(CNc1ccc(N)cc1C(F)F)SC. The minimum atomic E-state index is -2.52. The number of hydrogen-bond donors (Lipinski definition) is 2. The van der Waals surface area contributed by atoms with Crippen molar-refractivity contribution in [3.05, 3.63) is 23.8 Å². The Balaban J connectivity index is 2.88. The highest BCUT2D eigenvalue weighted by atomic mass is 32.2. The summed E-state index contributed by atoms with van der Waals surface area (Å²) in [6.45, 7) is 4.92. The summed E-state index contributed by atoms with van der Waals surface area (Å²) in [5, 5.41) is 3.16. The molecule has 3 N–H and O–H groups in total. The molecule has 5 heteroatoms. The van der Waals surface area contributed by atoms with Gasteiger partial charge < -0.3 is 11.1 Å². The van der Waals surface area contributed by atoms with Crippen LogP contribution in [0.15, 0.2) is 18.2 Å². The lowest BCUT2D eigenvalue weighted by molar-refractivity contribution is 0.152. The van der Waals surface area contributed by atoms with Crippen molar-refractivity contribution in [2.45, 2.75) is 37.9 Å². The van der Waals surface area contributed by atoms with Crippen LogP contribution in [0.5, 0.6) is 0 Å². The van der Waals surface area contributed by atoms with Gasteiger partial charge in [-0.25, -0.2) is 8.78 Å². The van der Waals surface area contributed by atoms with Crippen molar-refractivity contribution in [1.82, 2.24) is 0 Å². The molecule has 0 aromatic heterocycles. The molecule has 0 fully saturated rings. The van der Waals surface area contributed by atoms with Crippen molar-refractivity contribution < 1.29 is 8.78 Å². The van der Waals surface area contributed by atoms with Gasteiger partial charge in [-0.1, -0.05) is 13.8 Å². The first-order valence-electron chi connectivity index (χ1n) is 6.44. The van der Waals surface area contributed by atoms with Crippen LogP contribution in [-0.4, -0.2) is 17.5 Å². The van der Waals surface area contributed by atoms with Crippen LogP contribution in [0.3, 0.4) is 0 Å². The van der Waals surface area contributed by atoms with E-state index in [9.17, 15) is 8.78 Å². The van der Waals surface area contributed by atoms with Gasteiger partial charge in [0.15, 0.2) is 0 Å². The summed E-state index contributed by atoms with van der Waals surface area (Å²) in [5.41, 5.74) is 6.38. The van der Waals surface area contributed by atoms with Crippen LogP contribution in [-0.2, 0) is 0 Å². The van der Waals surface area contributed by atoms with E-state index in [1.807, 2.05) is 0 Å². The summed E-state index contributed by atoms with van der Waals surface area (Å²) in [4.78, 5) is 0. The van der Waals surface area contributed by atoms with E-state index in [1.165, 1.54) is 6.07 Å². The average molecular weight is 288 g/mol. The molecule has 0 heterocycles. The van der Waals surface area contributed by atoms with Crippen molar-refractivity contribution in [3.63, 3.8) is 0 Å². The molecular weight excluding hydrogens is 266 g/mol. The Morgan fingerprint density at radius 1 is 1.32 bits per heavy atom. The van der Waals surface area contributed by atoms with Gasteiger partial charge in [-0.2, -0.15) is 11.8 Å². The number of hydrogen-bond acceptors (Lipinski definition) is 3. The number of halogens is 2. The Hall–Kier alpha value is -0.970. The van der Waals surface area contributed by atoms with Gasteiger partial charge in [-0.3, -0.25) is 0 Å². The van der Waals surface area contributed by atoms with Crippen molar-refractivity contribution in [3.8, 4) is 0 Å². The zero-order chi connectivity index (χ0) is 14.5. The van der Waals surface area contributed by atoms with Gasteiger partial charge in [-0.05, 0) is 37.3 Å². The van der Waals surface area contributed by atoms with Crippen molar-refractivity contribution in [2.75, 3.05) is 23.9 Å². The fourth-order valence-corrected chi connectivity index (χ4v) is 2.83. The predicted octanol–water partition coefficient (Wildman–Crippen LogP) is 4.54. The van der Waals surface area contributed by atoms with Crippen LogP contribution in [0.2, 0.25) is 0 Å². The molecule has 0 bridgehead atoms. The Kier molecular flexibility index (Phi) is 5.91. The fraction of sp³-hybridized carbons (Fsp3) is 0.571. The minimum Gasteiger partial charge on any atom is -0.399 e. The van der Waals surface area contributed by atoms with Crippen LogP contribution in [0.4, 0.5) is 20.2 Å². The third kappa shape index (κ3) is 4.00. The number of benzene rings is 1. The monoisotopic (exact) mass is 288 g/mol. The molecule has 1 aromatic carbocycles. The summed E-state index contributed by atoms with van der Waals surface area (Å²) >= 11 is 1.78. The zero-order valence-electron chi connectivity index (χ0n) is 11.7. The first-order chi connectivity index (χ1) is 8.98. The molecule has 1 aromatic rings. The lowest BCUT2D eigenvalue weighted by Gasteiger charge is -2.30. The molecule has 0 aliphatic heterocycles. The normalized spacial score (nSPS) is 11.9. The maximum Gasteiger partial charge on any atom is 0.265 e. The van der Waals surface area contributed by atoms with E-state index in [1.54, 1.807) is 23.9 Å². The number of thioether (sulfide) groups is 1. The smallest absolute Gasteiger partial charge is 0.265 e. The number of anilines is 2. The summed E-state index contributed by atoms with van der Waals surface area (Å²) in [6.07, 6.45) is 1.54. The summed E-state index contributed by atoms with van der Waals surface area (Å²) in [5.74, 6) is 0. The Morgan fingerprint density at radius 2 is 1.95 bits per heavy atom. The van der Waals surface area contributed by atoms with Crippen LogP contribution >= 0.6 is 11.8 Å². The highest BCUT2D eigenvalue weighted by Crippen LogP contribution is 2.33. The highest BCUT2D eigenvalue weighted by molar-refractivity contribution is 8.00. The predicted molar refractivity (Wildman–Crippen MR) is 81.1 cm³/mol. The van der Waals surface area contributed by atoms with Gasteiger partial charge in [0, 0.05) is 28.2 Å². The lowest BCUT2D eigenvalue weighted by Crippen LogP contribution is -2.32. The molecule has 0 unspecified atom stereocenters. The molecule has 2 nitrogen and oxygen atoms in total. The zero-order valence-corrected chi connectivity index (χ0v) is 12.5. The molecule has 0 amide bonds. The van der Waals surface area contributed by atoms with Crippen LogP contribution in [0.1, 0.15) is 38.7 Å². The first kappa shape index (κ1) is 16.1. The second kappa shape index (κ2) is 6.98. The quantitative estimate of drug-likeness (QED) is 0.723. The van der Waals surface area contributed by atoms with Crippen LogP contribution < -0.4 is 11.1 Å².